The molecule has 1 saturated heterocycles. The lowest BCUT2D eigenvalue weighted by atomic mass is 10.1. The van der Waals surface area contributed by atoms with E-state index < -0.39 is 16.1 Å². The second-order valence-corrected chi connectivity index (χ2v) is 10.3. The molecule has 33 heavy (non-hydrogen) atoms. The fourth-order valence-electron chi connectivity index (χ4n) is 3.99. The second-order valence-electron chi connectivity index (χ2n) is 8.33. The number of likely N-dealkylation sites (N-methyl/N-ethyl adjacent to an activating group) is 1. The Morgan fingerprint density at radius 2 is 1.64 bits per heavy atom. The smallest absolute Gasteiger partial charge is 0.243 e. The Labute approximate surface area is 196 Å². The van der Waals surface area contributed by atoms with Gasteiger partial charge in [-0.2, -0.15) is 4.31 Å². The molecule has 1 N–H and O–H groups in total. The van der Waals surface area contributed by atoms with Gasteiger partial charge in [0.2, 0.25) is 21.8 Å². The van der Waals surface area contributed by atoms with Crippen molar-refractivity contribution < 1.29 is 18.0 Å². The summed E-state index contributed by atoms with van der Waals surface area (Å²) < 4.78 is 26.9. The van der Waals surface area contributed by atoms with Crippen LogP contribution in [0.15, 0.2) is 59.5 Å². The van der Waals surface area contributed by atoms with Crippen molar-refractivity contribution in [3.05, 3.63) is 65.7 Å². The zero-order valence-electron chi connectivity index (χ0n) is 19.4. The summed E-state index contributed by atoms with van der Waals surface area (Å²) in [6, 6.07) is 15.8. The highest BCUT2D eigenvalue weighted by atomic mass is 32.2. The van der Waals surface area contributed by atoms with E-state index in [1.165, 1.54) is 4.31 Å². The van der Waals surface area contributed by atoms with E-state index in [0.717, 1.165) is 24.0 Å². The van der Waals surface area contributed by atoms with Crippen LogP contribution in [0.2, 0.25) is 0 Å². The van der Waals surface area contributed by atoms with Gasteiger partial charge in [0.15, 0.2) is 0 Å². The van der Waals surface area contributed by atoms with Crippen LogP contribution in [-0.4, -0.2) is 55.1 Å². The molecule has 0 bridgehead atoms. The summed E-state index contributed by atoms with van der Waals surface area (Å²) in [7, 11) is -3.45. The van der Waals surface area contributed by atoms with Gasteiger partial charge in [-0.15, -0.1) is 0 Å². The molecule has 178 valence electrons. The molecule has 8 heteroatoms. The molecule has 2 aromatic carbocycles. The van der Waals surface area contributed by atoms with Crippen molar-refractivity contribution in [2.45, 2.75) is 57.0 Å². The van der Waals surface area contributed by atoms with E-state index in [1.54, 1.807) is 36.1 Å². The zero-order valence-corrected chi connectivity index (χ0v) is 20.2. The van der Waals surface area contributed by atoms with Crippen molar-refractivity contribution in [1.82, 2.24) is 14.5 Å². The topological polar surface area (TPSA) is 86.8 Å². The number of amides is 2. The van der Waals surface area contributed by atoms with Crippen molar-refractivity contribution in [2.75, 3.05) is 19.6 Å². The lowest BCUT2D eigenvalue weighted by molar-refractivity contribution is -0.140. The Bertz CT molecular complexity index is 1030. The summed E-state index contributed by atoms with van der Waals surface area (Å²) in [4.78, 5) is 27.4. The van der Waals surface area contributed by atoms with Crippen molar-refractivity contribution in [1.29, 1.82) is 0 Å². The number of hydrogen-bond donors (Lipinski definition) is 1. The molecule has 0 aromatic heterocycles. The van der Waals surface area contributed by atoms with E-state index in [4.69, 9.17) is 0 Å². The average molecular weight is 472 g/mol. The van der Waals surface area contributed by atoms with Gasteiger partial charge in [0.25, 0.3) is 0 Å². The maximum atomic E-state index is 13.1. The first-order valence-electron chi connectivity index (χ1n) is 11.5. The predicted molar refractivity (Wildman–Crippen MR) is 128 cm³/mol. The third-order valence-corrected chi connectivity index (χ3v) is 7.88. The van der Waals surface area contributed by atoms with Crippen LogP contribution in [0.3, 0.4) is 0 Å². The minimum Gasteiger partial charge on any atom is -0.355 e. The van der Waals surface area contributed by atoms with Crippen LogP contribution >= 0.6 is 0 Å². The molecular formula is C25H33N3O4S. The van der Waals surface area contributed by atoms with E-state index in [-0.39, 0.29) is 23.1 Å². The number of carbonyl (C=O) groups excluding carboxylic acids is 2. The summed E-state index contributed by atoms with van der Waals surface area (Å²) >= 11 is 0. The number of carbonyl (C=O) groups is 2. The number of benzene rings is 2. The minimum atomic E-state index is -3.45. The van der Waals surface area contributed by atoms with Gasteiger partial charge in [-0.1, -0.05) is 42.5 Å². The summed E-state index contributed by atoms with van der Waals surface area (Å²) in [6.07, 6.45) is 2.49. The molecule has 0 aliphatic carbocycles. The van der Waals surface area contributed by atoms with Gasteiger partial charge in [-0.3, -0.25) is 9.59 Å². The van der Waals surface area contributed by atoms with Gasteiger partial charge in [0.05, 0.1) is 4.90 Å². The molecule has 7 nitrogen and oxygen atoms in total. The quantitative estimate of drug-likeness (QED) is 0.577. The highest BCUT2D eigenvalue weighted by Crippen LogP contribution is 2.21. The molecule has 1 atom stereocenters. The molecule has 1 unspecified atom stereocenters. The van der Waals surface area contributed by atoms with Crippen molar-refractivity contribution in [2.24, 2.45) is 0 Å². The first-order chi connectivity index (χ1) is 15.8. The standard InChI is InChI=1S/C25H33N3O4S/c1-3-26-25(30)20(2)28(19-22-9-5-4-6-10-22)24(29)16-13-21-11-14-23(15-12-21)33(31,32)27-17-7-8-18-27/h4-6,9-12,14-15,20H,3,7-8,13,16-19H2,1-2H3,(H,26,30). The van der Waals surface area contributed by atoms with Gasteiger partial charge in [-0.05, 0) is 56.4 Å². The van der Waals surface area contributed by atoms with E-state index >= 15 is 0 Å². The summed E-state index contributed by atoms with van der Waals surface area (Å²) in [5, 5.41) is 2.79. The van der Waals surface area contributed by atoms with Crippen LogP contribution in [0.1, 0.15) is 44.2 Å². The van der Waals surface area contributed by atoms with Gasteiger partial charge < -0.3 is 10.2 Å². The third kappa shape index (κ3) is 6.42. The van der Waals surface area contributed by atoms with Crippen molar-refractivity contribution >= 4 is 21.8 Å². The minimum absolute atomic E-state index is 0.119. The summed E-state index contributed by atoms with van der Waals surface area (Å²) in [6.45, 7) is 5.58. The maximum absolute atomic E-state index is 13.1. The van der Waals surface area contributed by atoms with Gasteiger partial charge in [0.1, 0.15) is 6.04 Å². The fourth-order valence-corrected chi connectivity index (χ4v) is 5.50. The molecule has 2 amide bonds. The molecule has 1 aliphatic heterocycles. The van der Waals surface area contributed by atoms with Crippen LogP contribution in [0.5, 0.6) is 0 Å². The lowest BCUT2D eigenvalue weighted by Gasteiger charge is -2.28. The van der Waals surface area contributed by atoms with E-state index in [2.05, 4.69) is 5.32 Å². The zero-order chi connectivity index (χ0) is 23.8. The molecule has 0 spiro atoms. The molecule has 0 saturated carbocycles. The summed E-state index contributed by atoms with van der Waals surface area (Å²) in [5.74, 6) is -0.301. The molecule has 3 rings (SSSR count). The Morgan fingerprint density at radius 3 is 2.24 bits per heavy atom. The monoisotopic (exact) mass is 471 g/mol. The Morgan fingerprint density at radius 1 is 1.00 bits per heavy atom. The number of rotatable bonds is 10. The number of nitrogens with zero attached hydrogens (tertiary/aromatic N) is 2. The largest absolute Gasteiger partial charge is 0.355 e. The van der Waals surface area contributed by atoms with Gasteiger partial charge in [0, 0.05) is 32.6 Å². The Hall–Kier alpha value is -2.71. The number of sulfonamides is 1. The number of hydrogen-bond acceptors (Lipinski definition) is 4. The van der Waals surface area contributed by atoms with Crippen LogP contribution in [-0.2, 0) is 32.6 Å². The van der Waals surface area contributed by atoms with Crippen LogP contribution in [0.25, 0.3) is 0 Å². The van der Waals surface area contributed by atoms with Crippen molar-refractivity contribution in [3.8, 4) is 0 Å². The highest BCUT2D eigenvalue weighted by molar-refractivity contribution is 7.89. The predicted octanol–water partition coefficient (Wildman–Crippen LogP) is 2.96. The fraction of sp³-hybridized carbons (Fsp3) is 0.440. The normalized spacial score (nSPS) is 15.2. The van der Waals surface area contributed by atoms with Gasteiger partial charge in [-0.25, -0.2) is 8.42 Å². The van der Waals surface area contributed by atoms with Crippen LogP contribution in [0.4, 0.5) is 0 Å². The number of aryl methyl sites for hydroxylation is 1. The first-order valence-corrected chi connectivity index (χ1v) is 13.0. The first kappa shape index (κ1) is 24.9. The molecule has 1 fully saturated rings. The maximum Gasteiger partial charge on any atom is 0.243 e. The summed E-state index contributed by atoms with van der Waals surface area (Å²) in [5.41, 5.74) is 1.84. The molecular weight excluding hydrogens is 438 g/mol. The second kappa shape index (κ2) is 11.4. The average Bonchev–Trinajstić information content (AvgIpc) is 3.38. The van der Waals surface area contributed by atoms with E-state index in [9.17, 15) is 18.0 Å². The van der Waals surface area contributed by atoms with E-state index in [0.29, 0.717) is 32.6 Å². The van der Waals surface area contributed by atoms with Crippen LogP contribution < -0.4 is 5.32 Å². The molecule has 0 radical (unpaired) electrons. The number of nitrogens with one attached hydrogen (secondary N) is 1. The SMILES string of the molecule is CCNC(=O)C(C)N(Cc1ccccc1)C(=O)CCc1ccc(S(=O)(=O)N2CCCC2)cc1. The Kier molecular flexibility index (Phi) is 8.63. The highest BCUT2D eigenvalue weighted by Gasteiger charge is 2.27. The Balaban J connectivity index is 1.67. The lowest BCUT2D eigenvalue weighted by Crippen LogP contribution is -2.47. The third-order valence-electron chi connectivity index (χ3n) is 5.97. The molecule has 2 aromatic rings. The van der Waals surface area contributed by atoms with Gasteiger partial charge >= 0.3 is 0 Å². The van der Waals surface area contributed by atoms with Crippen molar-refractivity contribution in [3.63, 3.8) is 0 Å². The van der Waals surface area contributed by atoms with E-state index in [1.807, 2.05) is 37.3 Å². The molecule has 1 heterocycles. The van der Waals surface area contributed by atoms with Crippen LogP contribution in [0, 0.1) is 0 Å². The molecule has 1 aliphatic rings.